The number of aromatic nitrogens is 3. The second kappa shape index (κ2) is 6.30. The molecule has 8 nitrogen and oxygen atoms in total. The molecule has 0 unspecified atom stereocenters. The van der Waals surface area contributed by atoms with Gasteiger partial charge in [0.1, 0.15) is 17.8 Å². The van der Waals surface area contributed by atoms with Crippen molar-refractivity contribution in [1.82, 2.24) is 24.0 Å². The molecule has 0 spiro atoms. The standard InChI is InChI=1S/C15H24N6O2S/c1-10(2)12-7-21(8-13(12)19-24(22,23)20(3)4)15-11-5-6-16-14(11)17-9-18-15/h5-6,9-10,12-13,19H,7-8H2,1-4H3,(H,16,17,18)/t12-,13+/m0/s1. The second-order valence-electron chi connectivity index (χ2n) is 6.76. The number of rotatable bonds is 5. The summed E-state index contributed by atoms with van der Waals surface area (Å²) in [4.78, 5) is 13.9. The predicted molar refractivity (Wildman–Crippen MR) is 94.0 cm³/mol. The molecule has 132 valence electrons. The number of nitrogens with zero attached hydrogens (tertiary/aromatic N) is 4. The third-order valence-corrected chi connectivity index (χ3v) is 6.20. The van der Waals surface area contributed by atoms with Crippen LogP contribution in [0, 0.1) is 11.8 Å². The molecular formula is C15H24N6O2S. The molecule has 3 heterocycles. The summed E-state index contributed by atoms with van der Waals surface area (Å²) in [6, 6.07) is 1.80. The topological polar surface area (TPSA) is 94.2 Å². The van der Waals surface area contributed by atoms with E-state index in [1.54, 1.807) is 0 Å². The van der Waals surface area contributed by atoms with Crippen molar-refractivity contribution >= 4 is 27.1 Å². The first kappa shape index (κ1) is 17.1. The van der Waals surface area contributed by atoms with Crippen molar-refractivity contribution in [2.24, 2.45) is 11.8 Å². The van der Waals surface area contributed by atoms with Crippen LogP contribution >= 0.6 is 0 Å². The Kier molecular flexibility index (Phi) is 4.50. The normalized spacial score (nSPS) is 22.2. The minimum Gasteiger partial charge on any atom is -0.354 e. The Labute approximate surface area is 142 Å². The molecule has 3 rings (SSSR count). The third kappa shape index (κ3) is 3.11. The van der Waals surface area contributed by atoms with Gasteiger partial charge < -0.3 is 9.88 Å². The van der Waals surface area contributed by atoms with E-state index in [0.717, 1.165) is 23.4 Å². The molecule has 1 saturated heterocycles. The maximum atomic E-state index is 12.2. The van der Waals surface area contributed by atoms with Gasteiger partial charge in [-0.1, -0.05) is 13.8 Å². The van der Waals surface area contributed by atoms with E-state index in [0.29, 0.717) is 12.5 Å². The lowest BCUT2D eigenvalue weighted by atomic mass is 9.92. The summed E-state index contributed by atoms with van der Waals surface area (Å²) >= 11 is 0. The van der Waals surface area contributed by atoms with E-state index in [9.17, 15) is 8.42 Å². The number of nitrogens with one attached hydrogen (secondary N) is 2. The lowest BCUT2D eigenvalue weighted by Gasteiger charge is -2.24. The lowest BCUT2D eigenvalue weighted by Crippen LogP contribution is -2.46. The molecule has 9 heteroatoms. The Hall–Kier alpha value is -1.71. The Bertz CT molecular complexity index is 816. The summed E-state index contributed by atoms with van der Waals surface area (Å²) in [5.74, 6) is 1.41. The summed E-state index contributed by atoms with van der Waals surface area (Å²) in [7, 11) is -0.398. The second-order valence-corrected chi connectivity index (χ2v) is 8.68. The summed E-state index contributed by atoms with van der Waals surface area (Å²) in [5.41, 5.74) is 0.790. The SMILES string of the molecule is CC(C)[C@@H]1CN(c2ncnc3[nH]ccc23)C[C@H]1NS(=O)(=O)N(C)C. The number of fused-ring (bicyclic) bond motifs is 1. The molecule has 1 aliphatic heterocycles. The largest absolute Gasteiger partial charge is 0.354 e. The van der Waals surface area contributed by atoms with Crippen LogP contribution in [0.15, 0.2) is 18.6 Å². The van der Waals surface area contributed by atoms with Crippen LogP contribution < -0.4 is 9.62 Å². The van der Waals surface area contributed by atoms with Gasteiger partial charge in [0.2, 0.25) is 0 Å². The summed E-state index contributed by atoms with van der Waals surface area (Å²) in [6.07, 6.45) is 3.38. The lowest BCUT2D eigenvalue weighted by molar-refractivity contribution is 0.358. The van der Waals surface area contributed by atoms with Gasteiger partial charge in [-0.3, -0.25) is 0 Å². The van der Waals surface area contributed by atoms with Gasteiger partial charge in [0.25, 0.3) is 10.2 Å². The predicted octanol–water partition coefficient (Wildman–Crippen LogP) is 0.815. The van der Waals surface area contributed by atoms with Crippen LogP contribution in [-0.2, 0) is 10.2 Å². The summed E-state index contributed by atoms with van der Waals surface area (Å²) in [5, 5.41) is 0.955. The fourth-order valence-corrected chi connectivity index (χ4v) is 4.05. The molecule has 0 saturated carbocycles. The smallest absolute Gasteiger partial charge is 0.279 e. The van der Waals surface area contributed by atoms with Gasteiger partial charge in [-0.2, -0.15) is 17.4 Å². The Morgan fingerprint density at radius 3 is 2.75 bits per heavy atom. The molecule has 1 fully saturated rings. The summed E-state index contributed by atoms with van der Waals surface area (Å²) < 4.78 is 28.5. The van der Waals surface area contributed by atoms with Crippen molar-refractivity contribution in [2.45, 2.75) is 19.9 Å². The number of anilines is 1. The highest BCUT2D eigenvalue weighted by Gasteiger charge is 2.38. The molecule has 0 bridgehead atoms. The van der Waals surface area contributed by atoms with Gasteiger partial charge >= 0.3 is 0 Å². The number of hydrogen-bond donors (Lipinski definition) is 2. The third-order valence-electron chi connectivity index (χ3n) is 4.63. The van der Waals surface area contributed by atoms with Crippen molar-refractivity contribution in [2.75, 3.05) is 32.1 Å². The molecule has 1 aliphatic rings. The van der Waals surface area contributed by atoms with E-state index in [1.165, 1.54) is 24.7 Å². The fourth-order valence-electron chi connectivity index (χ4n) is 3.21. The van der Waals surface area contributed by atoms with E-state index < -0.39 is 10.2 Å². The highest BCUT2D eigenvalue weighted by atomic mass is 32.2. The highest BCUT2D eigenvalue weighted by molar-refractivity contribution is 7.87. The molecule has 0 aliphatic carbocycles. The quantitative estimate of drug-likeness (QED) is 0.831. The van der Waals surface area contributed by atoms with E-state index in [1.807, 2.05) is 12.3 Å². The first-order chi connectivity index (χ1) is 11.3. The van der Waals surface area contributed by atoms with Crippen LogP contribution in [-0.4, -0.2) is 60.9 Å². The minimum atomic E-state index is -3.47. The molecule has 0 amide bonds. The molecular weight excluding hydrogens is 328 g/mol. The summed E-state index contributed by atoms with van der Waals surface area (Å²) in [6.45, 7) is 5.59. The molecule has 2 aromatic rings. The zero-order valence-electron chi connectivity index (χ0n) is 14.4. The van der Waals surface area contributed by atoms with Crippen LogP contribution in [0.25, 0.3) is 11.0 Å². The van der Waals surface area contributed by atoms with Gasteiger partial charge in [0.15, 0.2) is 0 Å². The maximum Gasteiger partial charge on any atom is 0.279 e. The first-order valence-electron chi connectivity index (χ1n) is 8.02. The van der Waals surface area contributed by atoms with Gasteiger partial charge in [-0.05, 0) is 17.9 Å². The van der Waals surface area contributed by atoms with Crippen LogP contribution in [0.3, 0.4) is 0 Å². The zero-order chi connectivity index (χ0) is 17.5. The highest BCUT2D eigenvalue weighted by Crippen LogP contribution is 2.31. The van der Waals surface area contributed by atoms with E-state index >= 15 is 0 Å². The van der Waals surface area contributed by atoms with Gasteiger partial charge in [0, 0.05) is 39.4 Å². The Morgan fingerprint density at radius 1 is 1.33 bits per heavy atom. The molecule has 2 atom stereocenters. The van der Waals surface area contributed by atoms with Crippen molar-refractivity contribution in [1.29, 1.82) is 0 Å². The number of aromatic amines is 1. The van der Waals surface area contributed by atoms with E-state index in [4.69, 9.17) is 0 Å². The average molecular weight is 352 g/mol. The van der Waals surface area contributed by atoms with Crippen LogP contribution in [0.5, 0.6) is 0 Å². The van der Waals surface area contributed by atoms with E-state index in [-0.39, 0.29) is 12.0 Å². The van der Waals surface area contributed by atoms with Crippen molar-refractivity contribution < 1.29 is 8.42 Å². The number of H-pyrrole nitrogens is 1. The van der Waals surface area contributed by atoms with Crippen LogP contribution in [0.2, 0.25) is 0 Å². The maximum absolute atomic E-state index is 12.2. The molecule has 0 aromatic carbocycles. The first-order valence-corrected chi connectivity index (χ1v) is 9.46. The molecule has 24 heavy (non-hydrogen) atoms. The van der Waals surface area contributed by atoms with Crippen molar-refractivity contribution in [3.63, 3.8) is 0 Å². The van der Waals surface area contributed by atoms with Crippen LogP contribution in [0.1, 0.15) is 13.8 Å². The average Bonchev–Trinajstić information content (AvgIpc) is 3.12. The van der Waals surface area contributed by atoms with Gasteiger partial charge in [-0.25, -0.2) is 9.97 Å². The van der Waals surface area contributed by atoms with Crippen molar-refractivity contribution in [3.05, 3.63) is 18.6 Å². The minimum absolute atomic E-state index is 0.152. The monoisotopic (exact) mass is 352 g/mol. The molecule has 2 N–H and O–H groups in total. The number of hydrogen-bond acceptors (Lipinski definition) is 5. The Morgan fingerprint density at radius 2 is 2.08 bits per heavy atom. The van der Waals surface area contributed by atoms with Gasteiger partial charge in [0.05, 0.1) is 5.39 Å². The van der Waals surface area contributed by atoms with Crippen molar-refractivity contribution in [3.8, 4) is 0 Å². The molecule has 0 radical (unpaired) electrons. The van der Waals surface area contributed by atoms with Gasteiger partial charge in [-0.15, -0.1) is 0 Å². The Balaban J connectivity index is 1.89. The van der Waals surface area contributed by atoms with E-state index in [2.05, 4.69) is 38.4 Å². The zero-order valence-corrected chi connectivity index (χ0v) is 15.2. The fraction of sp³-hybridized carbons (Fsp3) is 0.600. The molecule has 2 aromatic heterocycles. The van der Waals surface area contributed by atoms with Crippen LogP contribution in [0.4, 0.5) is 5.82 Å².